The number of carbonyl (C=O) groups is 1. The van der Waals surface area contributed by atoms with Gasteiger partial charge in [-0.3, -0.25) is 4.79 Å². The summed E-state index contributed by atoms with van der Waals surface area (Å²) in [4.78, 5) is 19.1. The van der Waals surface area contributed by atoms with E-state index in [9.17, 15) is 4.79 Å². The van der Waals surface area contributed by atoms with Crippen LogP contribution in [0.4, 0.5) is 5.69 Å². The third kappa shape index (κ3) is 3.29. The molecular formula is C18H22N4OS. The van der Waals surface area contributed by atoms with Gasteiger partial charge in [0.2, 0.25) is 11.1 Å². The Hall–Kier alpha value is -1.95. The van der Waals surface area contributed by atoms with Crippen LogP contribution >= 0.6 is 11.8 Å². The Morgan fingerprint density at radius 3 is 2.71 bits per heavy atom. The summed E-state index contributed by atoms with van der Waals surface area (Å²) < 4.78 is 0. The molecule has 1 atom stereocenters. The van der Waals surface area contributed by atoms with Gasteiger partial charge in [-0.2, -0.15) is 5.10 Å². The van der Waals surface area contributed by atoms with Crippen LogP contribution in [0.15, 0.2) is 29.4 Å². The van der Waals surface area contributed by atoms with Gasteiger partial charge in [0.15, 0.2) is 0 Å². The second kappa shape index (κ2) is 7.30. The highest BCUT2D eigenvalue weighted by atomic mass is 32.2. The Morgan fingerprint density at radius 2 is 1.96 bits per heavy atom. The second-order valence-corrected chi connectivity index (χ2v) is 6.87. The van der Waals surface area contributed by atoms with Crippen molar-refractivity contribution in [2.45, 2.75) is 51.2 Å². The lowest BCUT2D eigenvalue weighted by atomic mass is 10.1. The average Bonchev–Trinajstić information content (AvgIpc) is 2.95. The smallest absolute Gasteiger partial charge is 0.237 e. The number of aryl methyl sites for hydroxylation is 2. The molecule has 3 rings (SSSR count). The zero-order chi connectivity index (χ0) is 17.1. The molecule has 1 aliphatic rings. The molecule has 0 saturated carbocycles. The minimum absolute atomic E-state index is 0.0960. The van der Waals surface area contributed by atoms with Gasteiger partial charge in [-0.25, -0.2) is 4.98 Å². The van der Waals surface area contributed by atoms with Gasteiger partial charge in [0, 0.05) is 11.7 Å². The van der Waals surface area contributed by atoms with E-state index in [4.69, 9.17) is 0 Å². The first-order valence-electron chi connectivity index (χ1n) is 8.39. The monoisotopic (exact) mass is 342 g/mol. The third-order valence-corrected chi connectivity index (χ3v) is 5.11. The number of rotatable bonds is 5. The fraction of sp³-hybridized carbons (Fsp3) is 0.444. The molecule has 0 spiro atoms. The van der Waals surface area contributed by atoms with Crippen LogP contribution in [0.1, 0.15) is 37.7 Å². The summed E-state index contributed by atoms with van der Waals surface area (Å²) >= 11 is 1.36. The van der Waals surface area contributed by atoms with Crippen molar-refractivity contribution in [3.8, 4) is 0 Å². The number of hydrogen-bond donors (Lipinski definition) is 0. The standard InChI is InChI=1S/C18H22N4OS/c1-4-14-15(5-2)20-21-18(19-14)24-11-17(23)22-12(3)10-13-8-6-7-9-16(13)22/h6-9,12H,4-5,10-11H2,1-3H3/t12-/m1/s1. The van der Waals surface area contributed by atoms with E-state index in [1.807, 2.05) is 30.0 Å². The van der Waals surface area contributed by atoms with Gasteiger partial charge in [-0.15, -0.1) is 5.10 Å². The van der Waals surface area contributed by atoms with Crippen LogP contribution in [-0.2, 0) is 24.1 Å². The summed E-state index contributed by atoms with van der Waals surface area (Å²) in [7, 11) is 0. The molecule has 0 saturated heterocycles. The van der Waals surface area contributed by atoms with Crippen molar-refractivity contribution >= 4 is 23.4 Å². The average molecular weight is 342 g/mol. The van der Waals surface area contributed by atoms with E-state index in [2.05, 4.69) is 35.1 Å². The van der Waals surface area contributed by atoms with Crippen molar-refractivity contribution in [2.75, 3.05) is 10.7 Å². The van der Waals surface area contributed by atoms with Crippen LogP contribution < -0.4 is 4.90 Å². The molecule has 1 aromatic heterocycles. The van der Waals surface area contributed by atoms with Gasteiger partial charge in [0.25, 0.3) is 0 Å². The minimum atomic E-state index is 0.0960. The molecule has 126 valence electrons. The molecule has 24 heavy (non-hydrogen) atoms. The second-order valence-electron chi connectivity index (χ2n) is 5.93. The highest BCUT2D eigenvalue weighted by molar-refractivity contribution is 7.99. The normalized spacial score (nSPS) is 16.3. The number of thioether (sulfide) groups is 1. The predicted octanol–water partition coefficient (Wildman–Crippen LogP) is 3.07. The Kier molecular flexibility index (Phi) is 5.14. The third-order valence-electron chi connectivity index (χ3n) is 4.29. The Morgan fingerprint density at radius 1 is 1.21 bits per heavy atom. The lowest BCUT2D eigenvalue weighted by Gasteiger charge is -2.22. The molecule has 5 nitrogen and oxygen atoms in total. The van der Waals surface area contributed by atoms with E-state index in [-0.39, 0.29) is 11.9 Å². The maximum atomic E-state index is 12.7. The summed E-state index contributed by atoms with van der Waals surface area (Å²) in [5.74, 6) is 0.424. The zero-order valence-electron chi connectivity index (χ0n) is 14.3. The first kappa shape index (κ1) is 16.9. The topological polar surface area (TPSA) is 59.0 Å². The maximum absolute atomic E-state index is 12.7. The Bertz CT molecular complexity index is 750. The number of amides is 1. The van der Waals surface area contributed by atoms with Crippen molar-refractivity contribution < 1.29 is 4.79 Å². The van der Waals surface area contributed by atoms with Crippen molar-refractivity contribution in [2.24, 2.45) is 0 Å². The highest BCUT2D eigenvalue weighted by Crippen LogP contribution is 2.32. The molecule has 2 aromatic rings. The van der Waals surface area contributed by atoms with Crippen molar-refractivity contribution in [1.29, 1.82) is 0 Å². The van der Waals surface area contributed by atoms with Crippen molar-refractivity contribution in [3.63, 3.8) is 0 Å². The van der Waals surface area contributed by atoms with Crippen LogP contribution in [0.25, 0.3) is 0 Å². The summed E-state index contributed by atoms with van der Waals surface area (Å²) in [6.07, 6.45) is 2.57. The molecule has 0 N–H and O–H groups in total. The predicted molar refractivity (Wildman–Crippen MR) is 96.4 cm³/mol. The first-order chi connectivity index (χ1) is 11.6. The van der Waals surface area contributed by atoms with E-state index in [0.29, 0.717) is 10.9 Å². The summed E-state index contributed by atoms with van der Waals surface area (Å²) in [5.41, 5.74) is 4.18. The fourth-order valence-corrected chi connectivity index (χ4v) is 3.79. The summed E-state index contributed by atoms with van der Waals surface area (Å²) in [6, 6.07) is 8.31. The Balaban J connectivity index is 1.70. The van der Waals surface area contributed by atoms with Crippen molar-refractivity contribution in [3.05, 3.63) is 41.2 Å². The number of para-hydroxylation sites is 1. The Labute approximate surface area is 146 Å². The van der Waals surface area contributed by atoms with Crippen LogP contribution in [0.5, 0.6) is 0 Å². The van der Waals surface area contributed by atoms with E-state index in [0.717, 1.165) is 36.3 Å². The van der Waals surface area contributed by atoms with Crippen LogP contribution in [0, 0.1) is 0 Å². The van der Waals surface area contributed by atoms with Gasteiger partial charge in [-0.05, 0) is 37.8 Å². The van der Waals surface area contributed by atoms with E-state index in [1.165, 1.54) is 17.3 Å². The van der Waals surface area contributed by atoms with Gasteiger partial charge >= 0.3 is 0 Å². The molecule has 0 fully saturated rings. The quantitative estimate of drug-likeness (QED) is 0.782. The highest BCUT2D eigenvalue weighted by Gasteiger charge is 2.30. The lowest BCUT2D eigenvalue weighted by Crippen LogP contribution is -2.37. The SMILES string of the molecule is CCc1nnc(SCC(=O)N2c3ccccc3C[C@H]2C)nc1CC. The van der Waals surface area contributed by atoms with Gasteiger partial charge in [0.1, 0.15) is 0 Å². The molecule has 6 heteroatoms. The molecule has 0 aliphatic carbocycles. The molecule has 0 unspecified atom stereocenters. The number of hydrogen-bond acceptors (Lipinski definition) is 5. The molecule has 1 aromatic carbocycles. The molecule has 2 heterocycles. The molecule has 1 amide bonds. The van der Waals surface area contributed by atoms with Crippen LogP contribution in [0.2, 0.25) is 0 Å². The fourth-order valence-electron chi connectivity index (χ4n) is 3.12. The first-order valence-corrected chi connectivity index (χ1v) is 9.37. The van der Waals surface area contributed by atoms with Crippen LogP contribution in [-0.4, -0.2) is 32.9 Å². The van der Waals surface area contributed by atoms with Gasteiger partial charge in [-0.1, -0.05) is 43.8 Å². The maximum Gasteiger partial charge on any atom is 0.237 e. The lowest BCUT2D eigenvalue weighted by molar-refractivity contribution is -0.116. The minimum Gasteiger partial charge on any atom is -0.308 e. The molecule has 1 aliphatic heterocycles. The van der Waals surface area contributed by atoms with Gasteiger partial charge in [0.05, 0.1) is 17.1 Å². The number of benzene rings is 1. The van der Waals surface area contributed by atoms with Crippen LogP contribution in [0.3, 0.4) is 0 Å². The van der Waals surface area contributed by atoms with E-state index < -0.39 is 0 Å². The molecule has 0 radical (unpaired) electrons. The van der Waals surface area contributed by atoms with Crippen molar-refractivity contribution in [1.82, 2.24) is 15.2 Å². The number of aromatic nitrogens is 3. The summed E-state index contributed by atoms with van der Waals surface area (Å²) in [5, 5.41) is 8.97. The van der Waals surface area contributed by atoms with Gasteiger partial charge < -0.3 is 4.90 Å². The number of carbonyl (C=O) groups excluding carboxylic acids is 1. The summed E-state index contributed by atoms with van der Waals surface area (Å²) in [6.45, 7) is 6.20. The zero-order valence-corrected chi connectivity index (χ0v) is 15.1. The number of fused-ring (bicyclic) bond motifs is 1. The largest absolute Gasteiger partial charge is 0.308 e. The molecule has 0 bridgehead atoms. The van der Waals surface area contributed by atoms with E-state index >= 15 is 0 Å². The molecular weight excluding hydrogens is 320 g/mol. The van der Waals surface area contributed by atoms with E-state index in [1.54, 1.807) is 0 Å². The number of nitrogens with zero attached hydrogens (tertiary/aromatic N) is 4. The number of anilines is 1.